The summed E-state index contributed by atoms with van der Waals surface area (Å²) in [5.41, 5.74) is 0. The van der Waals surface area contributed by atoms with E-state index in [1.165, 1.54) is 6.26 Å². The van der Waals surface area contributed by atoms with Crippen LogP contribution in [0.15, 0.2) is 0 Å². The van der Waals surface area contributed by atoms with Crippen molar-refractivity contribution < 1.29 is 17.9 Å². The number of ether oxygens (including phenoxy) is 2. The summed E-state index contributed by atoms with van der Waals surface area (Å²) in [5.74, 6) is 0.518. The summed E-state index contributed by atoms with van der Waals surface area (Å²) in [7, 11) is -2.87. The number of hydrogen-bond donors (Lipinski definition) is 0. The van der Waals surface area contributed by atoms with Gasteiger partial charge in [0.2, 0.25) is 0 Å². The molecule has 0 amide bonds. The summed E-state index contributed by atoms with van der Waals surface area (Å²) in [6.07, 6.45) is 3.43. The maximum absolute atomic E-state index is 11.3. The van der Waals surface area contributed by atoms with E-state index in [0.717, 1.165) is 32.5 Å². The van der Waals surface area contributed by atoms with E-state index >= 15 is 0 Å². The monoisotopic (exact) mass is 305 g/mol. The van der Waals surface area contributed by atoms with Crippen LogP contribution in [0.3, 0.4) is 0 Å². The standard InChI is InChI=1S/C14H27NO4S/c1-12(11-20(3,16)17)10-15-6-4-13(5-7-15)14(2)18-8-9-19-14/h12-13H,4-11H2,1-3H3. The number of hydrogen-bond acceptors (Lipinski definition) is 5. The van der Waals surface area contributed by atoms with Crippen molar-refractivity contribution in [2.45, 2.75) is 32.5 Å². The Labute approximate surface area is 122 Å². The van der Waals surface area contributed by atoms with Gasteiger partial charge >= 0.3 is 0 Å². The maximum atomic E-state index is 11.3. The smallest absolute Gasteiger partial charge is 0.168 e. The van der Waals surface area contributed by atoms with Gasteiger partial charge in [0, 0.05) is 18.7 Å². The molecule has 0 N–H and O–H groups in total. The molecule has 5 nitrogen and oxygen atoms in total. The summed E-state index contributed by atoms with van der Waals surface area (Å²) < 4.78 is 34.1. The van der Waals surface area contributed by atoms with Crippen LogP contribution in [-0.4, -0.2) is 64.0 Å². The molecule has 0 bridgehead atoms. The average molecular weight is 305 g/mol. The third kappa shape index (κ3) is 4.41. The van der Waals surface area contributed by atoms with Gasteiger partial charge in [-0.25, -0.2) is 8.42 Å². The van der Waals surface area contributed by atoms with Gasteiger partial charge in [-0.3, -0.25) is 0 Å². The zero-order valence-corrected chi connectivity index (χ0v) is 13.6. The predicted octanol–water partition coefficient (Wildman–Crippen LogP) is 1.14. The Morgan fingerprint density at radius 1 is 1.25 bits per heavy atom. The summed E-state index contributed by atoms with van der Waals surface area (Å²) in [6.45, 7) is 8.31. The molecule has 0 aliphatic carbocycles. The van der Waals surface area contributed by atoms with Crippen LogP contribution < -0.4 is 0 Å². The van der Waals surface area contributed by atoms with Crippen LogP contribution in [0.2, 0.25) is 0 Å². The molecule has 1 unspecified atom stereocenters. The van der Waals surface area contributed by atoms with E-state index in [0.29, 0.717) is 19.1 Å². The third-order valence-electron chi connectivity index (χ3n) is 4.35. The molecule has 2 aliphatic heterocycles. The number of likely N-dealkylation sites (tertiary alicyclic amines) is 1. The second kappa shape index (κ2) is 6.30. The van der Waals surface area contributed by atoms with E-state index < -0.39 is 15.6 Å². The summed E-state index contributed by atoms with van der Waals surface area (Å²) in [6, 6.07) is 0. The number of sulfone groups is 1. The van der Waals surface area contributed by atoms with Crippen LogP contribution in [0.5, 0.6) is 0 Å². The minimum absolute atomic E-state index is 0.191. The van der Waals surface area contributed by atoms with Crippen molar-refractivity contribution in [3.63, 3.8) is 0 Å². The molecule has 118 valence electrons. The summed E-state index contributed by atoms with van der Waals surface area (Å²) in [4.78, 5) is 2.37. The lowest BCUT2D eigenvalue weighted by molar-refractivity contribution is -0.190. The van der Waals surface area contributed by atoms with Crippen molar-refractivity contribution >= 4 is 9.84 Å². The number of rotatable bonds is 5. The van der Waals surface area contributed by atoms with Gasteiger partial charge in [-0.05, 0) is 38.8 Å². The van der Waals surface area contributed by atoms with Gasteiger partial charge in [-0.2, -0.15) is 0 Å². The number of piperidine rings is 1. The summed E-state index contributed by atoms with van der Waals surface area (Å²) in [5, 5.41) is 0. The van der Waals surface area contributed by atoms with E-state index in [1.54, 1.807) is 0 Å². The number of nitrogens with zero attached hydrogens (tertiary/aromatic N) is 1. The van der Waals surface area contributed by atoms with Gasteiger partial charge in [0.1, 0.15) is 9.84 Å². The molecule has 0 aromatic heterocycles. The second-order valence-corrected chi connectivity index (χ2v) is 8.67. The largest absolute Gasteiger partial charge is 0.348 e. The van der Waals surface area contributed by atoms with Crippen LogP contribution in [0.25, 0.3) is 0 Å². The molecule has 2 fully saturated rings. The Morgan fingerprint density at radius 2 is 1.80 bits per heavy atom. The fraction of sp³-hybridized carbons (Fsp3) is 1.00. The maximum Gasteiger partial charge on any atom is 0.168 e. The Kier molecular flexibility index (Phi) is 5.10. The van der Waals surface area contributed by atoms with E-state index in [-0.39, 0.29) is 11.7 Å². The van der Waals surface area contributed by atoms with E-state index in [4.69, 9.17) is 9.47 Å². The highest BCUT2D eigenvalue weighted by molar-refractivity contribution is 7.90. The Bertz CT molecular complexity index is 409. The van der Waals surface area contributed by atoms with Crippen LogP contribution in [0.1, 0.15) is 26.7 Å². The molecule has 6 heteroatoms. The molecule has 2 aliphatic rings. The normalized spacial score (nSPS) is 26.8. The van der Waals surface area contributed by atoms with Gasteiger partial charge in [0.25, 0.3) is 0 Å². The molecule has 2 heterocycles. The lowest BCUT2D eigenvalue weighted by Crippen LogP contribution is -2.45. The van der Waals surface area contributed by atoms with Gasteiger partial charge in [-0.15, -0.1) is 0 Å². The van der Waals surface area contributed by atoms with Crippen molar-refractivity contribution in [2.75, 3.05) is 44.9 Å². The molecule has 2 saturated heterocycles. The molecule has 1 atom stereocenters. The van der Waals surface area contributed by atoms with Gasteiger partial charge in [-0.1, -0.05) is 6.92 Å². The molecule has 20 heavy (non-hydrogen) atoms. The van der Waals surface area contributed by atoms with E-state index in [9.17, 15) is 8.42 Å². The first-order valence-electron chi connectivity index (χ1n) is 7.46. The summed E-state index contributed by atoms with van der Waals surface area (Å²) >= 11 is 0. The van der Waals surface area contributed by atoms with Crippen molar-refractivity contribution in [1.82, 2.24) is 4.90 Å². The highest BCUT2D eigenvalue weighted by Crippen LogP contribution is 2.35. The van der Waals surface area contributed by atoms with E-state index in [2.05, 4.69) is 4.90 Å². The fourth-order valence-corrected chi connectivity index (χ4v) is 4.56. The molecular formula is C14H27NO4S. The molecule has 0 spiro atoms. The Hall–Kier alpha value is -0.170. The minimum atomic E-state index is -2.87. The molecule has 2 rings (SSSR count). The Morgan fingerprint density at radius 3 is 2.30 bits per heavy atom. The lowest BCUT2D eigenvalue weighted by Gasteiger charge is -2.39. The molecule has 0 aromatic rings. The quantitative estimate of drug-likeness (QED) is 0.762. The average Bonchev–Trinajstić information content (AvgIpc) is 2.75. The first-order valence-corrected chi connectivity index (χ1v) is 9.52. The zero-order chi connectivity index (χ0) is 14.8. The molecule has 0 radical (unpaired) electrons. The van der Waals surface area contributed by atoms with Gasteiger partial charge < -0.3 is 14.4 Å². The van der Waals surface area contributed by atoms with Crippen LogP contribution in [0, 0.1) is 11.8 Å². The van der Waals surface area contributed by atoms with Gasteiger partial charge in [0.05, 0.1) is 19.0 Å². The minimum Gasteiger partial charge on any atom is -0.348 e. The van der Waals surface area contributed by atoms with Crippen LogP contribution in [0.4, 0.5) is 0 Å². The topological polar surface area (TPSA) is 55.8 Å². The fourth-order valence-electron chi connectivity index (χ4n) is 3.42. The SMILES string of the molecule is CC(CN1CCC(C2(C)OCCO2)CC1)CS(C)(=O)=O. The van der Waals surface area contributed by atoms with E-state index in [1.807, 2.05) is 13.8 Å². The first kappa shape index (κ1) is 16.2. The van der Waals surface area contributed by atoms with Crippen molar-refractivity contribution in [3.8, 4) is 0 Å². The predicted molar refractivity (Wildman–Crippen MR) is 78.3 cm³/mol. The highest BCUT2D eigenvalue weighted by atomic mass is 32.2. The Balaban J connectivity index is 1.77. The lowest BCUT2D eigenvalue weighted by atomic mass is 9.89. The first-order chi connectivity index (χ1) is 9.28. The van der Waals surface area contributed by atoms with Gasteiger partial charge in [0.15, 0.2) is 5.79 Å². The van der Waals surface area contributed by atoms with Crippen LogP contribution in [-0.2, 0) is 19.3 Å². The third-order valence-corrected chi connectivity index (χ3v) is 5.52. The molecule has 0 aromatic carbocycles. The highest BCUT2D eigenvalue weighted by Gasteiger charge is 2.41. The van der Waals surface area contributed by atoms with Crippen molar-refractivity contribution in [3.05, 3.63) is 0 Å². The van der Waals surface area contributed by atoms with Crippen molar-refractivity contribution in [2.24, 2.45) is 11.8 Å². The van der Waals surface area contributed by atoms with Crippen molar-refractivity contribution in [1.29, 1.82) is 0 Å². The molecule has 0 saturated carbocycles. The molecular weight excluding hydrogens is 278 g/mol. The zero-order valence-electron chi connectivity index (χ0n) is 12.8. The second-order valence-electron chi connectivity index (χ2n) is 6.49. The van der Waals surface area contributed by atoms with Crippen LogP contribution >= 0.6 is 0 Å².